The van der Waals surface area contributed by atoms with Crippen LogP contribution in [0, 0.1) is 14.4 Å². The van der Waals surface area contributed by atoms with Crippen LogP contribution in [0.25, 0.3) is 11.1 Å². The Hall–Kier alpha value is -0.378. The maximum atomic E-state index is 5.82. The molecule has 0 bridgehead atoms. The number of hydrogen-bond donors (Lipinski definition) is 0. The van der Waals surface area contributed by atoms with Crippen LogP contribution in [0.1, 0.15) is 96.5 Å². The van der Waals surface area contributed by atoms with E-state index in [1.807, 2.05) is 7.11 Å². The zero-order valence-corrected chi connectivity index (χ0v) is 26.1. The molecule has 0 aliphatic heterocycles. The Labute approximate surface area is 233 Å². The molecular formula is C31H49ClOPPd+. The van der Waals surface area contributed by atoms with Crippen molar-refractivity contribution in [2.24, 2.45) is 0 Å². The molecule has 0 atom stereocenters. The van der Waals surface area contributed by atoms with Gasteiger partial charge in [0.1, 0.15) is 5.75 Å². The molecule has 200 valence electrons. The van der Waals surface area contributed by atoms with Gasteiger partial charge in [0.2, 0.25) is 0 Å². The molecule has 0 heterocycles. The maximum absolute atomic E-state index is 5.82. The van der Waals surface area contributed by atoms with Crippen molar-refractivity contribution in [1.29, 1.82) is 0 Å². The van der Waals surface area contributed by atoms with E-state index in [-0.39, 0.29) is 7.43 Å². The van der Waals surface area contributed by atoms with Gasteiger partial charge < -0.3 is 12.2 Å². The van der Waals surface area contributed by atoms with Crippen LogP contribution in [-0.4, -0.2) is 18.4 Å². The Morgan fingerprint density at radius 2 is 1.31 bits per heavy atom. The molecule has 35 heavy (non-hydrogen) atoms. The van der Waals surface area contributed by atoms with Gasteiger partial charge in [-0.2, -0.15) is 0 Å². The Bertz CT molecular complexity index is 795. The van der Waals surface area contributed by atoms with Gasteiger partial charge in [-0.25, -0.2) is 0 Å². The third-order valence-corrected chi connectivity index (χ3v) is 11.5. The van der Waals surface area contributed by atoms with Gasteiger partial charge >= 0.3 is 27.7 Å². The van der Waals surface area contributed by atoms with Gasteiger partial charge in [0, 0.05) is 19.0 Å². The van der Waals surface area contributed by atoms with E-state index in [0.29, 0.717) is 0 Å². The van der Waals surface area contributed by atoms with Crippen LogP contribution in [0.2, 0.25) is 0 Å². The van der Waals surface area contributed by atoms with E-state index < -0.39 is 7.92 Å². The molecule has 2 aromatic carbocycles. The van der Waals surface area contributed by atoms with E-state index in [0.717, 1.165) is 17.1 Å². The second-order valence-electron chi connectivity index (χ2n) is 9.82. The fraction of sp³-hybridized carbons (Fsp3) is 0.581. The number of hydrogen-bond acceptors (Lipinski definition) is 1. The van der Waals surface area contributed by atoms with Crippen molar-refractivity contribution in [3.05, 3.63) is 55.5 Å². The monoisotopic (exact) mass is 609 g/mol. The van der Waals surface area contributed by atoms with Crippen molar-refractivity contribution in [3.63, 3.8) is 0 Å². The summed E-state index contributed by atoms with van der Waals surface area (Å²) >= 11 is 2.22. The molecule has 1 nitrogen and oxygen atoms in total. The summed E-state index contributed by atoms with van der Waals surface area (Å²) in [4.78, 5) is 0. The molecule has 0 amide bonds. The van der Waals surface area contributed by atoms with Crippen molar-refractivity contribution >= 4 is 22.8 Å². The normalized spacial score (nSPS) is 16.3. The van der Waals surface area contributed by atoms with Crippen LogP contribution in [0.3, 0.4) is 0 Å². The zero-order chi connectivity index (χ0) is 24.8. The first kappa shape index (κ1) is 32.7. The van der Waals surface area contributed by atoms with Crippen LogP contribution < -0.4 is 10.0 Å². The Kier molecular flexibility index (Phi) is 17.5. The average Bonchev–Trinajstić information content (AvgIpc) is 2.91. The number of methoxy groups -OCH3 is 1. The second-order valence-corrected chi connectivity index (χ2v) is 12.9. The minimum absolute atomic E-state index is 0. The SMILES string of the molecule is CCCC.COc1cccc(C)c1-c1ccccc1[PH+](C1CCCCC1)C1CCCCC1.[CH3-].[Cl][Pd+]. The molecule has 2 aromatic rings. The van der Waals surface area contributed by atoms with Crippen molar-refractivity contribution in [2.45, 2.75) is 109 Å². The van der Waals surface area contributed by atoms with Gasteiger partial charge in [0.15, 0.2) is 0 Å². The Morgan fingerprint density at radius 1 is 0.800 bits per heavy atom. The molecule has 2 saturated carbocycles. The van der Waals surface area contributed by atoms with E-state index in [2.05, 4.69) is 90.9 Å². The molecule has 0 aromatic heterocycles. The van der Waals surface area contributed by atoms with Crippen molar-refractivity contribution in [3.8, 4) is 16.9 Å². The Balaban J connectivity index is 0.000000797. The van der Waals surface area contributed by atoms with Gasteiger partial charge in [0.25, 0.3) is 0 Å². The Morgan fingerprint density at radius 3 is 1.80 bits per heavy atom. The molecule has 2 aliphatic carbocycles. The van der Waals surface area contributed by atoms with Crippen LogP contribution >= 0.6 is 17.5 Å². The molecule has 0 saturated heterocycles. The molecule has 0 unspecified atom stereocenters. The first-order valence-electron chi connectivity index (χ1n) is 13.4. The first-order chi connectivity index (χ1) is 16.7. The standard InChI is InChI=1S/C26H35OP.C4H10.CH3.ClH.Pd/c1-20-12-11-18-24(27-2)26(20)23-17-9-10-19-25(23)28(21-13-5-3-6-14-21)22-15-7-4-8-16-22;1-3-4-2;;;/h9-12,17-19,21-22H,3-8,13-16H2,1-2H3;3-4H2,1-2H3;1H3;1H;/q;;-1;;+2. The number of benzene rings is 2. The number of ether oxygens (including phenoxy) is 1. The molecule has 0 N–H and O–H groups in total. The predicted octanol–water partition coefficient (Wildman–Crippen LogP) is 10.1. The van der Waals surface area contributed by atoms with Crippen LogP contribution in [-0.2, 0) is 18.2 Å². The van der Waals surface area contributed by atoms with E-state index in [9.17, 15) is 0 Å². The van der Waals surface area contributed by atoms with Gasteiger partial charge in [-0.1, -0.05) is 69.9 Å². The summed E-state index contributed by atoms with van der Waals surface area (Å²) in [6.45, 7) is 6.60. The molecule has 4 rings (SSSR count). The quantitative estimate of drug-likeness (QED) is 0.180. The van der Waals surface area contributed by atoms with Crippen molar-refractivity contribution < 1.29 is 22.9 Å². The second kappa shape index (κ2) is 18.8. The summed E-state index contributed by atoms with van der Waals surface area (Å²) in [5.74, 6) is 1.03. The van der Waals surface area contributed by atoms with E-state index in [4.69, 9.17) is 4.74 Å². The van der Waals surface area contributed by atoms with Crippen molar-refractivity contribution in [2.75, 3.05) is 7.11 Å². The number of rotatable bonds is 6. The van der Waals surface area contributed by atoms with Crippen LogP contribution in [0.5, 0.6) is 5.75 Å². The van der Waals surface area contributed by atoms with Crippen molar-refractivity contribution in [1.82, 2.24) is 0 Å². The summed E-state index contributed by atoms with van der Waals surface area (Å²) in [5, 5.41) is 1.69. The summed E-state index contributed by atoms with van der Waals surface area (Å²) in [6, 6.07) is 15.9. The molecule has 2 fully saturated rings. The van der Waals surface area contributed by atoms with Gasteiger partial charge in [-0.3, -0.25) is 0 Å². The van der Waals surface area contributed by atoms with Gasteiger partial charge in [0.05, 0.1) is 23.7 Å². The average molecular weight is 611 g/mol. The minimum atomic E-state index is -0.597. The first-order valence-corrected chi connectivity index (χ1v) is 17.1. The fourth-order valence-corrected chi connectivity index (χ4v) is 10.1. The zero-order valence-electron chi connectivity index (χ0n) is 22.8. The number of unbranched alkanes of at least 4 members (excludes halogenated alkanes) is 1. The molecule has 0 spiro atoms. The third-order valence-electron chi connectivity index (χ3n) is 7.55. The van der Waals surface area contributed by atoms with E-state index >= 15 is 0 Å². The van der Waals surface area contributed by atoms with Crippen LogP contribution in [0.4, 0.5) is 0 Å². The molecular weight excluding hydrogens is 561 g/mol. The predicted molar refractivity (Wildman–Crippen MR) is 158 cm³/mol. The van der Waals surface area contributed by atoms with Crippen LogP contribution in [0.15, 0.2) is 42.5 Å². The van der Waals surface area contributed by atoms with Gasteiger partial charge in [-0.05, 0) is 76.0 Å². The van der Waals surface area contributed by atoms with E-state index in [1.54, 1.807) is 5.30 Å². The summed E-state index contributed by atoms with van der Waals surface area (Å²) in [5.41, 5.74) is 6.04. The van der Waals surface area contributed by atoms with Gasteiger partial charge in [-0.15, -0.1) is 0 Å². The summed E-state index contributed by atoms with van der Waals surface area (Å²) in [6.07, 6.45) is 17.2. The molecule has 2 aliphatic rings. The molecule has 4 heteroatoms. The van der Waals surface area contributed by atoms with E-state index in [1.165, 1.54) is 93.7 Å². The summed E-state index contributed by atoms with van der Waals surface area (Å²) < 4.78 is 5.82. The number of aryl methyl sites for hydroxylation is 1. The fourth-order valence-electron chi connectivity index (χ4n) is 5.71. The topological polar surface area (TPSA) is 9.23 Å². The molecule has 0 radical (unpaired) electrons. The number of halogens is 1. The third kappa shape index (κ3) is 9.46. The summed E-state index contributed by atoms with van der Waals surface area (Å²) in [7, 11) is 5.71.